The molecule has 2 rings (SSSR count). The predicted molar refractivity (Wildman–Crippen MR) is 81.2 cm³/mol. The van der Waals surface area contributed by atoms with E-state index in [9.17, 15) is 9.18 Å². The van der Waals surface area contributed by atoms with Gasteiger partial charge in [-0.15, -0.1) is 0 Å². The molecule has 1 aromatic rings. The van der Waals surface area contributed by atoms with Crippen molar-refractivity contribution < 1.29 is 9.18 Å². The van der Waals surface area contributed by atoms with E-state index < -0.39 is 5.82 Å². The first kappa shape index (κ1) is 15.5. The molecule has 0 saturated heterocycles. The van der Waals surface area contributed by atoms with E-state index in [0.29, 0.717) is 18.0 Å². The SMILES string of the molecule is CC(C)C1(CNC(=O)c2ccc(C#CCN)cc2F)CC1. The molecule has 112 valence electrons. The van der Waals surface area contributed by atoms with Crippen molar-refractivity contribution in [3.63, 3.8) is 0 Å². The number of hydrogen-bond acceptors (Lipinski definition) is 2. The molecule has 1 aliphatic carbocycles. The van der Waals surface area contributed by atoms with E-state index in [1.807, 2.05) is 0 Å². The average molecular weight is 288 g/mol. The van der Waals surface area contributed by atoms with Crippen molar-refractivity contribution in [1.82, 2.24) is 5.32 Å². The fraction of sp³-hybridized carbons (Fsp3) is 0.471. The Balaban J connectivity index is 2.03. The molecule has 0 bridgehead atoms. The fourth-order valence-electron chi connectivity index (χ4n) is 2.40. The van der Waals surface area contributed by atoms with Crippen molar-refractivity contribution in [3.05, 3.63) is 35.1 Å². The van der Waals surface area contributed by atoms with E-state index in [1.165, 1.54) is 12.1 Å². The highest BCUT2D eigenvalue weighted by Gasteiger charge is 2.45. The highest BCUT2D eigenvalue weighted by atomic mass is 19.1. The molecule has 3 nitrogen and oxygen atoms in total. The van der Waals surface area contributed by atoms with Crippen molar-refractivity contribution in [3.8, 4) is 11.8 Å². The third-order valence-electron chi connectivity index (χ3n) is 4.27. The summed E-state index contributed by atoms with van der Waals surface area (Å²) in [6.07, 6.45) is 2.25. The number of carbonyl (C=O) groups excluding carboxylic acids is 1. The lowest BCUT2D eigenvalue weighted by molar-refractivity contribution is 0.0935. The Morgan fingerprint density at radius 3 is 2.71 bits per heavy atom. The van der Waals surface area contributed by atoms with Gasteiger partial charge < -0.3 is 11.1 Å². The zero-order valence-electron chi connectivity index (χ0n) is 12.5. The molecule has 3 N–H and O–H groups in total. The van der Waals surface area contributed by atoms with Crippen LogP contribution in [0.15, 0.2) is 18.2 Å². The van der Waals surface area contributed by atoms with Gasteiger partial charge >= 0.3 is 0 Å². The molecule has 0 unspecified atom stereocenters. The van der Waals surface area contributed by atoms with Gasteiger partial charge in [-0.1, -0.05) is 25.7 Å². The smallest absolute Gasteiger partial charge is 0.254 e. The van der Waals surface area contributed by atoms with Gasteiger partial charge in [-0.3, -0.25) is 4.79 Å². The van der Waals surface area contributed by atoms with Crippen LogP contribution < -0.4 is 11.1 Å². The standard InChI is InChI=1S/C17H21FN2O/c1-12(2)17(7-8-17)11-20-16(21)14-6-5-13(4-3-9-19)10-15(14)18/h5-6,10,12H,7-9,11,19H2,1-2H3,(H,20,21). The second-order valence-corrected chi connectivity index (χ2v) is 5.90. The lowest BCUT2D eigenvalue weighted by Gasteiger charge is -2.20. The van der Waals surface area contributed by atoms with Gasteiger partial charge in [-0.05, 0) is 42.4 Å². The molecule has 1 fully saturated rings. The maximum Gasteiger partial charge on any atom is 0.254 e. The number of rotatable bonds is 4. The second kappa shape index (κ2) is 6.28. The summed E-state index contributed by atoms with van der Waals surface area (Å²) in [7, 11) is 0. The van der Waals surface area contributed by atoms with E-state index in [4.69, 9.17) is 5.73 Å². The van der Waals surface area contributed by atoms with Gasteiger partial charge in [0.15, 0.2) is 0 Å². The minimum Gasteiger partial charge on any atom is -0.351 e. The molecule has 0 aliphatic heterocycles. The summed E-state index contributed by atoms with van der Waals surface area (Å²) in [6, 6.07) is 4.38. The molecule has 0 heterocycles. The first-order valence-electron chi connectivity index (χ1n) is 7.25. The van der Waals surface area contributed by atoms with Crippen molar-refractivity contribution in [1.29, 1.82) is 0 Å². The molecule has 0 atom stereocenters. The van der Waals surface area contributed by atoms with Crippen LogP contribution in [0, 0.1) is 29.0 Å². The molecule has 1 aliphatic rings. The van der Waals surface area contributed by atoms with Crippen molar-refractivity contribution in [2.45, 2.75) is 26.7 Å². The van der Waals surface area contributed by atoms with Gasteiger partial charge in [-0.25, -0.2) is 4.39 Å². The molecule has 0 radical (unpaired) electrons. The highest BCUT2D eigenvalue weighted by molar-refractivity contribution is 5.94. The summed E-state index contributed by atoms with van der Waals surface area (Å²) in [5.74, 6) is 5.01. The van der Waals surface area contributed by atoms with Gasteiger partial charge in [0.25, 0.3) is 5.91 Å². The summed E-state index contributed by atoms with van der Waals surface area (Å²) in [5, 5.41) is 2.85. The monoisotopic (exact) mass is 288 g/mol. The zero-order valence-corrected chi connectivity index (χ0v) is 12.5. The normalized spacial score (nSPS) is 15.3. The van der Waals surface area contributed by atoms with E-state index in [2.05, 4.69) is 31.0 Å². The van der Waals surface area contributed by atoms with Gasteiger partial charge in [0.05, 0.1) is 12.1 Å². The van der Waals surface area contributed by atoms with Gasteiger partial charge in [0.1, 0.15) is 5.82 Å². The summed E-state index contributed by atoms with van der Waals surface area (Å²) >= 11 is 0. The number of benzene rings is 1. The molecule has 1 amide bonds. The molecular formula is C17H21FN2O. The van der Waals surface area contributed by atoms with Crippen LogP contribution in [0.2, 0.25) is 0 Å². The Hall–Kier alpha value is -1.86. The molecule has 21 heavy (non-hydrogen) atoms. The van der Waals surface area contributed by atoms with E-state index >= 15 is 0 Å². The molecule has 1 aromatic carbocycles. The average Bonchev–Trinajstić information content (AvgIpc) is 3.24. The summed E-state index contributed by atoms with van der Waals surface area (Å²) in [5.41, 5.74) is 6.06. The van der Waals surface area contributed by atoms with Gasteiger partial charge in [-0.2, -0.15) is 0 Å². The Morgan fingerprint density at radius 2 is 2.19 bits per heavy atom. The predicted octanol–water partition coefficient (Wildman–Crippen LogP) is 2.30. The van der Waals surface area contributed by atoms with Crippen molar-refractivity contribution in [2.24, 2.45) is 17.1 Å². The van der Waals surface area contributed by atoms with E-state index in [-0.39, 0.29) is 23.4 Å². The molecule has 1 saturated carbocycles. The summed E-state index contributed by atoms with van der Waals surface area (Å²) in [6.45, 7) is 5.15. The van der Waals surface area contributed by atoms with Gasteiger partial charge in [0, 0.05) is 12.1 Å². The third kappa shape index (κ3) is 3.62. The molecule has 0 spiro atoms. The molecule has 0 aromatic heterocycles. The first-order chi connectivity index (χ1) is 9.98. The maximum absolute atomic E-state index is 14.0. The quantitative estimate of drug-likeness (QED) is 0.835. The second-order valence-electron chi connectivity index (χ2n) is 5.90. The highest BCUT2D eigenvalue weighted by Crippen LogP contribution is 2.51. The fourth-order valence-corrected chi connectivity index (χ4v) is 2.40. The van der Waals surface area contributed by atoms with E-state index in [0.717, 1.165) is 12.8 Å². The van der Waals surface area contributed by atoms with Crippen LogP contribution in [-0.4, -0.2) is 19.0 Å². The lowest BCUT2D eigenvalue weighted by Crippen LogP contribution is -2.33. The number of amides is 1. The molecular weight excluding hydrogens is 267 g/mol. The Bertz CT molecular complexity index is 595. The minimum atomic E-state index is -0.550. The Kier molecular flexibility index (Phi) is 4.64. The Labute approximate surface area is 125 Å². The number of halogens is 1. The van der Waals surface area contributed by atoms with E-state index in [1.54, 1.807) is 6.07 Å². The minimum absolute atomic E-state index is 0.0628. The topological polar surface area (TPSA) is 55.1 Å². The number of nitrogens with two attached hydrogens (primary N) is 1. The van der Waals surface area contributed by atoms with Crippen molar-refractivity contribution in [2.75, 3.05) is 13.1 Å². The largest absolute Gasteiger partial charge is 0.351 e. The number of carbonyl (C=O) groups is 1. The van der Waals surface area contributed by atoms with Crippen LogP contribution in [0.3, 0.4) is 0 Å². The molecule has 4 heteroatoms. The third-order valence-corrected chi connectivity index (χ3v) is 4.27. The van der Waals surface area contributed by atoms with Crippen molar-refractivity contribution >= 4 is 5.91 Å². The first-order valence-corrected chi connectivity index (χ1v) is 7.25. The van der Waals surface area contributed by atoms with Crippen LogP contribution >= 0.6 is 0 Å². The van der Waals surface area contributed by atoms with Crippen LogP contribution in [0.25, 0.3) is 0 Å². The maximum atomic E-state index is 14.0. The van der Waals surface area contributed by atoms with Crippen LogP contribution in [-0.2, 0) is 0 Å². The Morgan fingerprint density at radius 1 is 1.48 bits per heavy atom. The van der Waals surface area contributed by atoms with Crippen LogP contribution in [0.1, 0.15) is 42.6 Å². The number of hydrogen-bond donors (Lipinski definition) is 2. The lowest BCUT2D eigenvalue weighted by atomic mass is 9.92. The van der Waals surface area contributed by atoms with Gasteiger partial charge in [0.2, 0.25) is 0 Å². The number of nitrogens with one attached hydrogen (secondary N) is 1. The van der Waals surface area contributed by atoms with Crippen LogP contribution in [0.5, 0.6) is 0 Å². The summed E-state index contributed by atoms with van der Waals surface area (Å²) in [4.78, 5) is 12.1. The zero-order chi connectivity index (χ0) is 15.5. The summed E-state index contributed by atoms with van der Waals surface area (Å²) < 4.78 is 14.0. The van der Waals surface area contributed by atoms with Crippen LogP contribution in [0.4, 0.5) is 4.39 Å².